The third-order valence-electron chi connectivity index (χ3n) is 2.05. The zero-order chi connectivity index (χ0) is 8.10. The van der Waals surface area contributed by atoms with Crippen LogP contribution < -0.4 is 5.32 Å². The van der Waals surface area contributed by atoms with Crippen LogP contribution in [0, 0.1) is 17.2 Å². The lowest BCUT2D eigenvalue weighted by Crippen LogP contribution is -2.31. The predicted octanol–water partition coefficient (Wildman–Crippen LogP) is 0.816. The van der Waals surface area contributed by atoms with E-state index in [2.05, 4.69) is 5.32 Å². The molecule has 0 heterocycles. The van der Waals surface area contributed by atoms with E-state index in [1.807, 2.05) is 6.07 Å². The van der Waals surface area contributed by atoms with Gasteiger partial charge in [0.15, 0.2) is 0 Å². The highest BCUT2D eigenvalue weighted by Crippen LogP contribution is 2.24. The molecule has 11 heavy (non-hydrogen) atoms. The second-order valence-electron chi connectivity index (χ2n) is 2.94. The van der Waals surface area contributed by atoms with Crippen molar-refractivity contribution in [2.24, 2.45) is 5.92 Å². The van der Waals surface area contributed by atoms with Crippen LogP contribution in [0.3, 0.4) is 0 Å². The van der Waals surface area contributed by atoms with E-state index in [0.29, 0.717) is 5.92 Å². The first-order valence-electron chi connectivity index (χ1n) is 3.96. The van der Waals surface area contributed by atoms with E-state index in [9.17, 15) is 4.79 Å². The van der Waals surface area contributed by atoms with Crippen LogP contribution in [0.2, 0.25) is 0 Å². The number of nitrogens with zero attached hydrogens (tertiary/aromatic N) is 1. The Morgan fingerprint density at radius 1 is 1.64 bits per heavy atom. The Bertz CT molecular complexity index is 179. The highest BCUT2D eigenvalue weighted by molar-refractivity contribution is 5.77. The van der Waals surface area contributed by atoms with Crippen LogP contribution in [-0.2, 0) is 4.79 Å². The van der Waals surface area contributed by atoms with Gasteiger partial charge in [-0.05, 0) is 18.8 Å². The Morgan fingerprint density at radius 2 is 2.36 bits per heavy atom. The molecule has 3 nitrogen and oxygen atoms in total. The molecule has 0 bridgehead atoms. The Hall–Kier alpha value is -1.04. The number of hydrogen-bond donors (Lipinski definition) is 1. The van der Waals surface area contributed by atoms with Crippen molar-refractivity contribution in [3.8, 4) is 6.07 Å². The van der Waals surface area contributed by atoms with Crippen molar-refractivity contribution in [2.45, 2.75) is 25.7 Å². The molecule has 60 valence electrons. The van der Waals surface area contributed by atoms with Gasteiger partial charge in [0, 0.05) is 6.54 Å². The van der Waals surface area contributed by atoms with E-state index in [1.165, 1.54) is 19.3 Å². The monoisotopic (exact) mass is 152 g/mol. The number of hydrogen-bond acceptors (Lipinski definition) is 2. The number of nitriles is 1. The van der Waals surface area contributed by atoms with Gasteiger partial charge >= 0.3 is 0 Å². The van der Waals surface area contributed by atoms with Crippen LogP contribution in [-0.4, -0.2) is 12.5 Å². The largest absolute Gasteiger partial charge is 0.355 e. The number of amides is 1. The number of rotatable bonds is 3. The molecule has 0 aromatic rings. The van der Waals surface area contributed by atoms with Crippen LogP contribution in [0.15, 0.2) is 0 Å². The van der Waals surface area contributed by atoms with Gasteiger partial charge in [0.2, 0.25) is 5.91 Å². The van der Waals surface area contributed by atoms with Crippen molar-refractivity contribution in [3.05, 3.63) is 0 Å². The van der Waals surface area contributed by atoms with Gasteiger partial charge in [-0.2, -0.15) is 5.26 Å². The predicted molar refractivity (Wildman–Crippen MR) is 40.6 cm³/mol. The van der Waals surface area contributed by atoms with Crippen molar-refractivity contribution < 1.29 is 4.79 Å². The fourth-order valence-corrected chi connectivity index (χ4v) is 1.09. The maximum atomic E-state index is 10.8. The third kappa shape index (κ3) is 2.58. The van der Waals surface area contributed by atoms with Gasteiger partial charge in [-0.25, -0.2) is 0 Å². The Morgan fingerprint density at radius 3 is 2.82 bits per heavy atom. The van der Waals surface area contributed by atoms with E-state index in [4.69, 9.17) is 5.26 Å². The maximum Gasteiger partial charge on any atom is 0.234 e. The SMILES string of the molecule is N#CCC(=O)NCC1CCC1. The molecule has 0 spiro atoms. The van der Waals surface area contributed by atoms with E-state index in [0.717, 1.165) is 6.54 Å². The maximum absolute atomic E-state index is 10.8. The Balaban J connectivity index is 2.02. The fourth-order valence-electron chi connectivity index (χ4n) is 1.09. The van der Waals surface area contributed by atoms with Gasteiger partial charge in [0.1, 0.15) is 6.42 Å². The minimum absolute atomic E-state index is 0.00722. The van der Waals surface area contributed by atoms with Crippen molar-refractivity contribution in [1.29, 1.82) is 5.26 Å². The topological polar surface area (TPSA) is 52.9 Å². The van der Waals surface area contributed by atoms with E-state index < -0.39 is 0 Å². The summed E-state index contributed by atoms with van der Waals surface area (Å²) in [5.41, 5.74) is 0. The quantitative estimate of drug-likeness (QED) is 0.650. The van der Waals surface area contributed by atoms with Crippen molar-refractivity contribution in [3.63, 3.8) is 0 Å². The second-order valence-corrected chi connectivity index (χ2v) is 2.94. The van der Waals surface area contributed by atoms with Crippen molar-refractivity contribution in [1.82, 2.24) is 5.32 Å². The summed E-state index contributed by atoms with van der Waals surface area (Å²) in [4.78, 5) is 10.8. The molecule has 1 N–H and O–H groups in total. The van der Waals surface area contributed by atoms with Crippen LogP contribution in [0.25, 0.3) is 0 Å². The Labute approximate surface area is 66.4 Å². The van der Waals surface area contributed by atoms with E-state index in [-0.39, 0.29) is 12.3 Å². The van der Waals surface area contributed by atoms with Gasteiger partial charge < -0.3 is 5.32 Å². The third-order valence-corrected chi connectivity index (χ3v) is 2.05. The zero-order valence-corrected chi connectivity index (χ0v) is 6.47. The molecule has 0 aromatic heterocycles. The molecule has 0 unspecified atom stereocenters. The van der Waals surface area contributed by atoms with Gasteiger partial charge in [-0.1, -0.05) is 6.42 Å². The molecular formula is C8H12N2O. The number of nitrogens with one attached hydrogen (secondary N) is 1. The molecule has 0 aromatic carbocycles. The minimum Gasteiger partial charge on any atom is -0.355 e. The second kappa shape index (κ2) is 3.97. The molecule has 3 heteroatoms. The number of carbonyl (C=O) groups is 1. The van der Waals surface area contributed by atoms with Crippen molar-refractivity contribution in [2.75, 3.05) is 6.54 Å². The summed E-state index contributed by atoms with van der Waals surface area (Å²) in [5, 5.41) is 10.9. The lowest BCUT2D eigenvalue weighted by Gasteiger charge is -2.25. The number of carbonyl (C=O) groups excluding carboxylic acids is 1. The molecule has 1 amide bonds. The van der Waals surface area contributed by atoms with Crippen LogP contribution in [0.4, 0.5) is 0 Å². The summed E-state index contributed by atoms with van der Waals surface area (Å²) in [6, 6.07) is 1.82. The van der Waals surface area contributed by atoms with Crippen LogP contribution >= 0.6 is 0 Å². The van der Waals surface area contributed by atoms with Gasteiger partial charge in [0.05, 0.1) is 6.07 Å². The average Bonchev–Trinajstić information content (AvgIpc) is 1.85. The molecule has 1 aliphatic carbocycles. The molecule has 1 aliphatic rings. The molecule has 1 rings (SSSR count). The fraction of sp³-hybridized carbons (Fsp3) is 0.750. The van der Waals surface area contributed by atoms with Crippen molar-refractivity contribution >= 4 is 5.91 Å². The minimum atomic E-state index is -0.139. The molecule has 1 fully saturated rings. The summed E-state index contributed by atoms with van der Waals surface area (Å²) >= 11 is 0. The van der Waals surface area contributed by atoms with Crippen LogP contribution in [0.1, 0.15) is 25.7 Å². The first kappa shape index (κ1) is 8.06. The smallest absolute Gasteiger partial charge is 0.234 e. The summed E-state index contributed by atoms with van der Waals surface area (Å²) in [6.07, 6.45) is 3.74. The normalized spacial score (nSPS) is 16.6. The first-order valence-corrected chi connectivity index (χ1v) is 3.96. The van der Waals surface area contributed by atoms with Crippen LogP contribution in [0.5, 0.6) is 0 Å². The highest BCUT2D eigenvalue weighted by Gasteiger charge is 2.17. The molecule has 0 saturated heterocycles. The molecule has 0 atom stereocenters. The summed E-state index contributed by atoms with van der Waals surface area (Å²) in [6.45, 7) is 0.764. The van der Waals surface area contributed by atoms with Gasteiger partial charge in [-0.15, -0.1) is 0 Å². The summed E-state index contributed by atoms with van der Waals surface area (Å²) < 4.78 is 0. The van der Waals surface area contributed by atoms with Gasteiger partial charge in [-0.3, -0.25) is 4.79 Å². The van der Waals surface area contributed by atoms with E-state index >= 15 is 0 Å². The summed E-state index contributed by atoms with van der Waals surface area (Å²) in [5.74, 6) is 0.539. The van der Waals surface area contributed by atoms with Gasteiger partial charge in [0.25, 0.3) is 0 Å². The zero-order valence-electron chi connectivity index (χ0n) is 6.47. The summed E-state index contributed by atoms with van der Waals surface area (Å²) in [7, 11) is 0. The molecular weight excluding hydrogens is 140 g/mol. The lowest BCUT2D eigenvalue weighted by atomic mass is 9.85. The molecule has 0 radical (unpaired) electrons. The molecule has 0 aliphatic heterocycles. The standard InChI is InChI=1S/C8H12N2O/c9-5-4-8(11)10-6-7-2-1-3-7/h7H,1-4,6H2,(H,10,11). The lowest BCUT2D eigenvalue weighted by molar-refractivity contribution is -0.120. The average molecular weight is 152 g/mol. The molecule has 1 saturated carbocycles. The Kier molecular flexibility index (Phi) is 2.91. The van der Waals surface area contributed by atoms with E-state index in [1.54, 1.807) is 0 Å². The first-order chi connectivity index (χ1) is 5.33. The highest BCUT2D eigenvalue weighted by atomic mass is 16.1.